The van der Waals surface area contributed by atoms with Gasteiger partial charge in [0.05, 0.1) is 12.7 Å². The molecular formula is C30H33N3O3. The van der Waals surface area contributed by atoms with E-state index in [-0.39, 0.29) is 11.9 Å². The normalized spacial score (nSPS) is 15.9. The van der Waals surface area contributed by atoms with Gasteiger partial charge in [0, 0.05) is 50.0 Å². The zero-order chi connectivity index (χ0) is 24.9. The molecule has 186 valence electrons. The molecule has 0 aliphatic carbocycles. The van der Waals surface area contributed by atoms with E-state index in [0.717, 1.165) is 56.6 Å². The minimum Gasteiger partial charge on any atom is -0.465 e. The predicted molar refractivity (Wildman–Crippen MR) is 141 cm³/mol. The number of hydrogen-bond acceptors (Lipinski definition) is 5. The van der Waals surface area contributed by atoms with Crippen molar-refractivity contribution in [1.82, 2.24) is 10.2 Å². The van der Waals surface area contributed by atoms with Crippen molar-refractivity contribution in [3.8, 4) is 0 Å². The van der Waals surface area contributed by atoms with Gasteiger partial charge in [0.25, 0.3) is 5.91 Å². The molecular weight excluding hydrogens is 450 g/mol. The van der Waals surface area contributed by atoms with E-state index in [1.54, 1.807) is 0 Å². The maximum absolute atomic E-state index is 13.1. The molecule has 1 amide bonds. The highest BCUT2D eigenvalue weighted by molar-refractivity contribution is 5.94. The second kappa shape index (κ2) is 11.0. The average molecular weight is 484 g/mol. The molecule has 36 heavy (non-hydrogen) atoms. The number of hydrogen-bond donors (Lipinski definition) is 1. The number of nitrogens with zero attached hydrogens (tertiary/aromatic N) is 2. The first-order valence-electron chi connectivity index (χ1n) is 12.7. The largest absolute Gasteiger partial charge is 0.465 e. The summed E-state index contributed by atoms with van der Waals surface area (Å²) in [6, 6.07) is 24.5. The van der Waals surface area contributed by atoms with Crippen molar-refractivity contribution in [2.75, 3.05) is 31.6 Å². The number of esters is 1. The number of ether oxygens (including phenoxy) is 1. The van der Waals surface area contributed by atoms with E-state index >= 15 is 0 Å². The second-order valence-electron chi connectivity index (χ2n) is 9.62. The van der Waals surface area contributed by atoms with Gasteiger partial charge in [0.1, 0.15) is 0 Å². The third-order valence-corrected chi connectivity index (χ3v) is 7.36. The first-order valence-corrected chi connectivity index (χ1v) is 12.7. The Bertz CT molecular complexity index is 1200. The van der Waals surface area contributed by atoms with Gasteiger partial charge >= 0.3 is 5.97 Å². The van der Waals surface area contributed by atoms with Gasteiger partial charge in [-0.1, -0.05) is 36.4 Å². The summed E-state index contributed by atoms with van der Waals surface area (Å²) < 4.78 is 4.76. The molecule has 5 rings (SSSR count). The van der Waals surface area contributed by atoms with Crippen LogP contribution in [0.2, 0.25) is 0 Å². The van der Waals surface area contributed by atoms with Gasteiger partial charge in [-0.3, -0.25) is 4.79 Å². The lowest BCUT2D eigenvalue weighted by Crippen LogP contribution is -2.42. The molecule has 1 fully saturated rings. The van der Waals surface area contributed by atoms with Crippen LogP contribution in [0.15, 0.2) is 72.8 Å². The monoisotopic (exact) mass is 483 g/mol. The highest BCUT2D eigenvalue weighted by Crippen LogP contribution is 2.24. The number of carbonyl (C=O) groups is 2. The Morgan fingerprint density at radius 1 is 0.861 bits per heavy atom. The van der Waals surface area contributed by atoms with E-state index in [0.29, 0.717) is 18.2 Å². The summed E-state index contributed by atoms with van der Waals surface area (Å²) in [6.07, 6.45) is 3.05. The van der Waals surface area contributed by atoms with Gasteiger partial charge in [-0.25, -0.2) is 4.79 Å². The van der Waals surface area contributed by atoms with Crippen LogP contribution in [0.3, 0.4) is 0 Å². The maximum Gasteiger partial charge on any atom is 0.337 e. The van der Waals surface area contributed by atoms with Gasteiger partial charge in [-0.15, -0.1) is 0 Å². The van der Waals surface area contributed by atoms with Crippen LogP contribution >= 0.6 is 0 Å². The van der Waals surface area contributed by atoms with Crippen molar-refractivity contribution in [2.24, 2.45) is 0 Å². The van der Waals surface area contributed by atoms with E-state index in [1.807, 2.05) is 47.4 Å². The topological polar surface area (TPSA) is 61.9 Å². The Labute approximate surface area is 212 Å². The number of methoxy groups -OCH3 is 1. The van der Waals surface area contributed by atoms with Crippen molar-refractivity contribution in [2.45, 2.75) is 38.4 Å². The number of piperidine rings is 1. The molecule has 2 heterocycles. The molecule has 0 aromatic heterocycles. The Morgan fingerprint density at radius 3 is 2.22 bits per heavy atom. The van der Waals surface area contributed by atoms with Crippen LogP contribution in [-0.2, 0) is 24.2 Å². The Morgan fingerprint density at radius 2 is 1.53 bits per heavy atom. The lowest BCUT2D eigenvalue weighted by atomic mass is 9.99. The molecule has 0 bridgehead atoms. The van der Waals surface area contributed by atoms with Crippen molar-refractivity contribution in [3.05, 3.63) is 101 Å². The van der Waals surface area contributed by atoms with Crippen LogP contribution in [0, 0.1) is 0 Å². The zero-order valence-corrected chi connectivity index (χ0v) is 20.8. The fourth-order valence-corrected chi connectivity index (χ4v) is 5.15. The molecule has 2 aliphatic heterocycles. The minimum absolute atomic E-state index is 0.110. The van der Waals surface area contributed by atoms with E-state index in [9.17, 15) is 9.59 Å². The second-order valence-corrected chi connectivity index (χ2v) is 9.62. The molecule has 0 saturated carbocycles. The van der Waals surface area contributed by atoms with Gasteiger partial charge in [-0.2, -0.15) is 0 Å². The van der Waals surface area contributed by atoms with E-state index in [1.165, 1.54) is 23.9 Å². The fraction of sp³-hybridized carbons (Fsp3) is 0.333. The molecule has 1 N–H and O–H groups in total. The molecule has 6 nitrogen and oxygen atoms in total. The number of nitrogens with one attached hydrogen (secondary N) is 1. The average Bonchev–Trinajstić information content (AvgIpc) is 2.95. The Balaban J connectivity index is 1.10. The minimum atomic E-state index is -0.309. The number of benzene rings is 3. The number of fused-ring (bicyclic) bond motifs is 1. The fourth-order valence-electron chi connectivity index (χ4n) is 5.15. The van der Waals surface area contributed by atoms with Gasteiger partial charge in [0.15, 0.2) is 0 Å². The summed E-state index contributed by atoms with van der Waals surface area (Å²) in [5.41, 5.74) is 6.26. The first-order chi connectivity index (χ1) is 17.6. The summed E-state index contributed by atoms with van der Waals surface area (Å²) in [5.74, 6) is -0.199. The molecule has 1 saturated heterocycles. The lowest BCUT2D eigenvalue weighted by molar-refractivity contribution is 0.0600. The van der Waals surface area contributed by atoms with E-state index < -0.39 is 0 Å². The third kappa shape index (κ3) is 5.44. The van der Waals surface area contributed by atoms with Crippen molar-refractivity contribution >= 4 is 17.6 Å². The highest BCUT2D eigenvalue weighted by Gasteiger charge is 2.23. The lowest BCUT2D eigenvalue weighted by Gasteiger charge is -2.34. The van der Waals surface area contributed by atoms with Crippen LogP contribution in [-0.4, -0.2) is 49.6 Å². The quantitative estimate of drug-likeness (QED) is 0.526. The number of carbonyl (C=O) groups excluding carboxylic acids is 2. The zero-order valence-electron chi connectivity index (χ0n) is 20.8. The van der Waals surface area contributed by atoms with Crippen LogP contribution < -0.4 is 10.2 Å². The first kappa shape index (κ1) is 24.1. The molecule has 2 aliphatic rings. The smallest absolute Gasteiger partial charge is 0.337 e. The van der Waals surface area contributed by atoms with E-state index in [4.69, 9.17) is 4.74 Å². The number of rotatable bonds is 6. The van der Waals surface area contributed by atoms with Gasteiger partial charge in [0.2, 0.25) is 0 Å². The van der Waals surface area contributed by atoms with Crippen molar-refractivity contribution in [3.63, 3.8) is 0 Å². The van der Waals surface area contributed by atoms with Crippen LogP contribution in [0.5, 0.6) is 0 Å². The number of anilines is 1. The van der Waals surface area contributed by atoms with Crippen LogP contribution in [0.1, 0.15) is 50.2 Å². The molecule has 3 aromatic rings. The van der Waals surface area contributed by atoms with Gasteiger partial charge < -0.3 is 19.9 Å². The predicted octanol–water partition coefficient (Wildman–Crippen LogP) is 4.43. The van der Waals surface area contributed by atoms with E-state index in [2.05, 4.69) is 40.5 Å². The Kier molecular flexibility index (Phi) is 7.33. The molecule has 0 spiro atoms. The number of amides is 1. The molecule has 0 atom stereocenters. The molecule has 0 unspecified atom stereocenters. The SMILES string of the molecule is COC(=O)c1ccc(CNC2CCN(c3ccc(C(=O)N4CCc5ccccc5C4)cc3)CC2)cc1. The highest BCUT2D eigenvalue weighted by atomic mass is 16.5. The van der Waals surface area contributed by atoms with Crippen LogP contribution in [0.4, 0.5) is 5.69 Å². The van der Waals surface area contributed by atoms with Gasteiger partial charge in [-0.05, 0) is 72.4 Å². The molecule has 6 heteroatoms. The summed E-state index contributed by atoms with van der Waals surface area (Å²) in [6.45, 7) is 4.20. The Hall–Kier alpha value is -3.64. The van der Waals surface area contributed by atoms with Crippen molar-refractivity contribution < 1.29 is 14.3 Å². The third-order valence-electron chi connectivity index (χ3n) is 7.36. The summed E-state index contributed by atoms with van der Waals surface area (Å²) >= 11 is 0. The molecule has 3 aromatic carbocycles. The summed E-state index contributed by atoms with van der Waals surface area (Å²) in [7, 11) is 1.40. The van der Waals surface area contributed by atoms with Crippen molar-refractivity contribution in [1.29, 1.82) is 0 Å². The maximum atomic E-state index is 13.1. The van der Waals surface area contributed by atoms with Crippen LogP contribution in [0.25, 0.3) is 0 Å². The summed E-state index contributed by atoms with van der Waals surface area (Å²) in [5, 5.41) is 3.65. The standard InChI is InChI=1S/C30H33N3O3/c1-36-30(35)25-8-6-22(7-9-25)20-31-27-15-18-32(19-16-27)28-12-10-24(11-13-28)29(34)33-17-14-23-4-2-3-5-26(23)21-33/h2-13,27,31H,14-21H2,1H3. The summed E-state index contributed by atoms with van der Waals surface area (Å²) in [4.78, 5) is 29.0. The molecule has 0 radical (unpaired) electrons.